The molecular formula is C12H23NO3S. The normalized spacial score (nSPS) is 29.9. The molecule has 1 N–H and O–H groups in total. The highest BCUT2D eigenvalue weighted by Crippen LogP contribution is 2.32. The standard InChI is InChI=1S/C12H23NO3S/c1-10(14)9-11-5-4-8-13(11)17(15,16)12-6-2-3-7-12/h10-12,14H,2-9H2,1H3. The molecule has 1 aliphatic heterocycles. The molecule has 1 heterocycles. The zero-order valence-corrected chi connectivity index (χ0v) is 11.3. The zero-order chi connectivity index (χ0) is 12.5. The highest BCUT2D eigenvalue weighted by atomic mass is 32.2. The number of nitrogens with zero attached hydrogens (tertiary/aromatic N) is 1. The molecule has 2 atom stereocenters. The van der Waals surface area contributed by atoms with Crippen LogP contribution in [0.15, 0.2) is 0 Å². The van der Waals surface area contributed by atoms with Crippen molar-refractivity contribution < 1.29 is 13.5 Å². The number of hydrogen-bond acceptors (Lipinski definition) is 3. The van der Waals surface area contributed by atoms with E-state index in [1.807, 2.05) is 0 Å². The van der Waals surface area contributed by atoms with Crippen LogP contribution in [0.1, 0.15) is 51.9 Å². The van der Waals surface area contributed by atoms with Crippen molar-refractivity contribution in [2.24, 2.45) is 0 Å². The lowest BCUT2D eigenvalue weighted by Crippen LogP contribution is -2.41. The fourth-order valence-corrected chi connectivity index (χ4v) is 5.45. The summed E-state index contributed by atoms with van der Waals surface area (Å²) in [5.41, 5.74) is 0. The minimum atomic E-state index is -3.11. The molecule has 1 aliphatic carbocycles. The number of aliphatic hydroxyl groups is 1. The van der Waals surface area contributed by atoms with Crippen LogP contribution in [0.2, 0.25) is 0 Å². The predicted molar refractivity (Wildman–Crippen MR) is 67.2 cm³/mol. The van der Waals surface area contributed by atoms with Crippen molar-refractivity contribution in [3.63, 3.8) is 0 Å². The first-order chi connectivity index (χ1) is 8.01. The van der Waals surface area contributed by atoms with Gasteiger partial charge in [-0.2, -0.15) is 4.31 Å². The van der Waals surface area contributed by atoms with Crippen LogP contribution in [-0.2, 0) is 10.0 Å². The molecule has 2 fully saturated rings. The van der Waals surface area contributed by atoms with Gasteiger partial charge in [0.05, 0.1) is 11.4 Å². The minimum absolute atomic E-state index is 0.0283. The maximum absolute atomic E-state index is 12.5. The highest BCUT2D eigenvalue weighted by molar-refractivity contribution is 7.89. The second-order valence-corrected chi connectivity index (χ2v) is 7.61. The molecule has 5 heteroatoms. The molecule has 0 aromatic heterocycles. The number of aliphatic hydroxyl groups excluding tert-OH is 1. The highest BCUT2D eigenvalue weighted by Gasteiger charge is 2.40. The number of sulfonamides is 1. The Morgan fingerprint density at radius 1 is 1.24 bits per heavy atom. The van der Waals surface area contributed by atoms with E-state index in [1.165, 1.54) is 0 Å². The Morgan fingerprint density at radius 2 is 1.88 bits per heavy atom. The molecule has 0 radical (unpaired) electrons. The van der Waals surface area contributed by atoms with Crippen molar-refractivity contribution in [2.45, 2.75) is 69.3 Å². The largest absolute Gasteiger partial charge is 0.393 e. The van der Waals surface area contributed by atoms with Crippen LogP contribution in [0.25, 0.3) is 0 Å². The minimum Gasteiger partial charge on any atom is -0.393 e. The summed E-state index contributed by atoms with van der Waals surface area (Å²) >= 11 is 0. The summed E-state index contributed by atoms with van der Waals surface area (Å²) in [5.74, 6) is 0. The molecule has 17 heavy (non-hydrogen) atoms. The van der Waals surface area contributed by atoms with E-state index in [2.05, 4.69) is 0 Å². The smallest absolute Gasteiger partial charge is 0.217 e. The van der Waals surface area contributed by atoms with Crippen molar-refractivity contribution in [1.29, 1.82) is 0 Å². The van der Waals surface area contributed by atoms with Gasteiger partial charge in [0.15, 0.2) is 0 Å². The molecule has 100 valence electrons. The quantitative estimate of drug-likeness (QED) is 0.834. The molecule has 0 aromatic carbocycles. The van der Waals surface area contributed by atoms with Gasteiger partial charge in [-0.15, -0.1) is 0 Å². The molecule has 0 bridgehead atoms. The lowest BCUT2D eigenvalue weighted by molar-refractivity contribution is 0.157. The van der Waals surface area contributed by atoms with Crippen molar-refractivity contribution in [3.05, 3.63) is 0 Å². The number of hydrogen-bond donors (Lipinski definition) is 1. The van der Waals surface area contributed by atoms with Gasteiger partial charge in [-0.05, 0) is 39.0 Å². The average Bonchev–Trinajstić information content (AvgIpc) is 2.85. The van der Waals surface area contributed by atoms with E-state index in [-0.39, 0.29) is 11.3 Å². The average molecular weight is 261 g/mol. The Bertz CT molecular complexity index is 347. The summed E-state index contributed by atoms with van der Waals surface area (Å²) in [4.78, 5) is 0. The lowest BCUT2D eigenvalue weighted by Gasteiger charge is -2.27. The fraction of sp³-hybridized carbons (Fsp3) is 1.00. The van der Waals surface area contributed by atoms with Crippen molar-refractivity contribution >= 4 is 10.0 Å². The van der Waals surface area contributed by atoms with Gasteiger partial charge >= 0.3 is 0 Å². The second-order valence-electron chi connectivity index (χ2n) is 5.44. The molecule has 2 rings (SSSR count). The van der Waals surface area contributed by atoms with Crippen LogP contribution in [0.3, 0.4) is 0 Å². The van der Waals surface area contributed by atoms with E-state index in [9.17, 15) is 13.5 Å². The molecule has 2 unspecified atom stereocenters. The first kappa shape index (κ1) is 13.3. The summed E-state index contributed by atoms with van der Waals surface area (Å²) in [7, 11) is -3.11. The van der Waals surface area contributed by atoms with Gasteiger partial charge in [-0.25, -0.2) is 8.42 Å². The van der Waals surface area contributed by atoms with Crippen LogP contribution in [0, 0.1) is 0 Å². The molecule has 2 aliphatic rings. The maximum Gasteiger partial charge on any atom is 0.217 e. The lowest BCUT2D eigenvalue weighted by atomic mass is 10.1. The SMILES string of the molecule is CC(O)CC1CCCN1S(=O)(=O)C1CCCC1. The van der Waals surface area contributed by atoms with E-state index >= 15 is 0 Å². The van der Waals surface area contributed by atoms with E-state index in [1.54, 1.807) is 11.2 Å². The van der Waals surface area contributed by atoms with Gasteiger partial charge in [0, 0.05) is 12.6 Å². The third kappa shape index (κ3) is 2.83. The summed E-state index contributed by atoms with van der Waals surface area (Å²) < 4.78 is 26.6. The van der Waals surface area contributed by atoms with Crippen LogP contribution in [0.4, 0.5) is 0 Å². The van der Waals surface area contributed by atoms with E-state index in [4.69, 9.17) is 0 Å². The predicted octanol–water partition coefficient (Wildman–Crippen LogP) is 1.49. The van der Waals surface area contributed by atoms with Gasteiger partial charge in [-0.3, -0.25) is 0 Å². The topological polar surface area (TPSA) is 57.6 Å². The maximum atomic E-state index is 12.5. The van der Waals surface area contributed by atoms with Crippen LogP contribution in [0.5, 0.6) is 0 Å². The van der Waals surface area contributed by atoms with Gasteiger partial charge in [-0.1, -0.05) is 12.8 Å². The van der Waals surface area contributed by atoms with Gasteiger partial charge < -0.3 is 5.11 Å². The zero-order valence-electron chi connectivity index (χ0n) is 10.5. The number of rotatable bonds is 4. The molecular weight excluding hydrogens is 238 g/mol. The second kappa shape index (κ2) is 5.24. The molecule has 1 saturated heterocycles. The molecule has 0 amide bonds. The van der Waals surface area contributed by atoms with Gasteiger partial charge in [0.25, 0.3) is 0 Å². The van der Waals surface area contributed by atoms with Crippen molar-refractivity contribution in [3.8, 4) is 0 Å². The summed E-state index contributed by atoms with van der Waals surface area (Å²) in [6.07, 6.45) is 5.71. The Kier molecular flexibility index (Phi) is 4.10. The van der Waals surface area contributed by atoms with E-state index < -0.39 is 16.1 Å². The van der Waals surface area contributed by atoms with E-state index in [0.717, 1.165) is 38.5 Å². The third-order valence-corrected chi connectivity index (χ3v) is 6.43. The van der Waals surface area contributed by atoms with Crippen LogP contribution < -0.4 is 0 Å². The van der Waals surface area contributed by atoms with Crippen molar-refractivity contribution in [1.82, 2.24) is 4.31 Å². The van der Waals surface area contributed by atoms with Crippen LogP contribution in [-0.4, -0.2) is 41.8 Å². The van der Waals surface area contributed by atoms with Gasteiger partial charge in [0.2, 0.25) is 10.0 Å². The Morgan fingerprint density at radius 3 is 2.47 bits per heavy atom. The van der Waals surface area contributed by atoms with Crippen molar-refractivity contribution in [2.75, 3.05) is 6.54 Å². The Hall–Kier alpha value is -0.130. The molecule has 4 nitrogen and oxygen atoms in total. The first-order valence-corrected chi connectivity index (χ1v) is 8.21. The first-order valence-electron chi connectivity index (χ1n) is 6.70. The Balaban J connectivity index is 2.09. The molecule has 1 saturated carbocycles. The van der Waals surface area contributed by atoms with Crippen LogP contribution >= 0.6 is 0 Å². The van der Waals surface area contributed by atoms with Gasteiger partial charge in [0.1, 0.15) is 0 Å². The third-order valence-electron chi connectivity index (χ3n) is 3.99. The Labute approximate surface area is 104 Å². The fourth-order valence-electron chi connectivity index (χ4n) is 3.15. The summed E-state index contributed by atoms with van der Waals surface area (Å²) in [6.45, 7) is 2.38. The molecule has 0 aromatic rings. The molecule has 0 spiro atoms. The van der Waals surface area contributed by atoms with E-state index in [0.29, 0.717) is 13.0 Å². The summed E-state index contributed by atoms with van der Waals surface area (Å²) in [6, 6.07) is 0.0283. The monoisotopic (exact) mass is 261 g/mol. The summed E-state index contributed by atoms with van der Waals surface area (Å²) in [5, 5.41) is 9.28.